The molecule has 0 spiro atoms. The molecule has 0 aromatic carbocycles. The largest absolute Gasteiger partial charge is 0.481 e. The normalized spacial score (nSPS) is 39.5. The van der Waals surface area contributed by atoms with Crippen molar-refractivity contribution >= 4 is 11.9 Å². The highest BCUT2D eigenvalue weighted by molar-refractivity contribution is 5.80. The van der Waals surface area contributed by atoms with E-state index in [9.17, 15) is 9.59 Å². The van der Waals surface area contributed by atoms with Crippen molar-refractivity contribution in [1.82, 2.24) is 5.32 Å². The van der Waals surface area contributed by atoms with Gasteiger partial charge in [-0.05, 0) is 38.0 Å². The van der Waals surface area contributed by atoms with Gasteiger partial charge in [0.25, 0.3) is 0 Å². The van der Waals surface area contributed by atoms with Gasteiger partial charge >= 0.3 is 5.97 Å². The molecule has 5 heteroatoms. The number of carboxylic acid groups (broad SMARTS) is 1. The van der Waals surface area contributed by atoms with E-state index in [0.717, 1.165) is 19.3 Å². The molecule has 0 radical (unpaired) electrons. The van der Waals surface area contributed by atoms with Crippen molar-refractivity contribution in [2.45, 2.75) is 44.2 Å². The van der Waals surface area contributed by atoms with Crippen LogP contribution >= 0.6 is 0 Å². The summed E-state index contributed by atoms with van der Waals surface area (Å²) in [7, 11) is 0. The summed E-state index contributed by atoms with van der Waals surface area (Å²) < 4.78 is 5.62. The highest BCUT2D eigenvalue weighted by Gasteiger charge is 2.40. The molecule has 2 aliphatic carbocycles. The molecule has 110 valence electrons. The first-order valence-corrected chi connectivity index (χ1v) is 7.45. The Balaban J connectivity index is 1.57. The lowest BCUT2D eigenvalue weighted by molar-refractivity contribution is -0.142. The van der Waals surface area contributed by atoms with Gasteiger partial charge in [0.2, 0.25) is 5.91 Å². The number of nitrogens with one attached hydrogen (secondary N) is 1. The van der Waals surface area contributed by atoms with Crippen molar-refractivity contribution in [3.05, 3.63) is 12.2 Å². The van der Waals surface area contributed by atoms with Gasteiger partial charge < -0.3 is 15.2 Å². The van der Waals surface area contributed by atoms with E-state index < -0.39 is 5.97 Å². The lowest BCUT2D eigenvalue weighted by Crippen LogP contribution is -2.43. The fourth-order valence-electron chi connectivity index (χ4n) is 3.65. The zero-order valence-corrected chi connectivity index (χ0v) is 11.5. The van der Waals surface area contributed by atoms with Crippen molar-refractivity contribution in [2.24, 2.45) is 17.8 Å². The third-order valence-corrected chi connectivity index (χ3v) is 4.82. The Morgan fingerprint density at radius 2 is 2.10 bits per heavy atom. The predicted octanol–water partition coefficient (Wildman–Crippen LogP) is 1.34. The molecule has 20 heavy (non-hydrogen) atoms. The van der Waals surface area contributed by atoms with Gasteiger partial charge in [-0.25, -0.2) is 0 Å². The summed E-state index contributed by atoms with van der Waals surface area (Å²) in [4.78, 5) is 23.4. The lowest BCUT2D eigenvalue weighted by atomic mass is 9.79. The molecule has 5 atom stereocenters. The van der Waals surface area contributed by atoms with E-state index in [4.69, 9.17) is 9.84 Å². The summed E-state index contributed by atoms with van der Waals surface area (Å²) in [5, 5.41) is 12.1. The van der Waals surface area contributed by atoms with Crippen LogP contribution in [-0.4, -0.2) is 35.7 Å². The standard InChI is InChI=1S/C15H21NO4/c17-14(13-5-4-12-7-10(13)8-20-12)16-11-3-1-2-9(6-11)15(18)19/h1,3,9-13H,2,4-8H2,(H,16,17)(H,18,19)/t9-,10-,11-,12+,13-/m1/s1. The molecule has 0 aromatic heterocycles. The van der Waals surface area contributed by atoms with Gasteiger partial charge in [0.05, 0.1) is 18.6 Å². The zero-order valence-electron chi connectivity index (χ0n) is 11.5. The van der Waals surface area contributed by atoms with Gasteiger partial charge in [0.15, 0.2) is 0 Å². The molecule has 3 aliphatic rings. The number of ether oxygens (including phenoxy) is 1. The maximum Gasteiger partial charge on any atom is 0.306 e. The van der Waals surface area contributed by atoms with Gasteiger partial charge in [-0.2, -0.15) is 0 Å². The average molecular weight is 279 g/mol. The number of carbonyl (C=O) groups excluding carboxylic acids is 1. The summed E-state index contributed by atoms with van der Waals surface area (Å²) >= 11 is 0. The second kappa shape index (κ2) is 5.56. The van der Waals surface area contributed by atoms with Crippen molar-refractivity contribution < 1.29 is 19.4 Å². The Labute approximate surface area is 118 Å². The quantitative estimate of drug-likeness (QED) is 0.764. The molecule has 1 aliphatic heterocycles. The van der Waals surface area contributed by atoms with Crippen LogP contribution < -0.4 is 5.32 Å². The Hall–Kier alpha value is -1.36. The van der Waals surface area contributed by atoms with E-state index in [-0.39, 0.29) is 23.8 Å². The molecule has 2 bridgehead atoms. The highest BCUT2D eigenvalue weighted by atomic mass is 16.5. The molecule has 0 unspecified atom stereocenters. The summed E-state index contributed by atoms with van der Waals surface area (Å²) in [5.74, 6) is -0.710. The molecule has 1 saturated carbocycles. The SMILES string of the molecule is O=C(O)[C@@H]1CC=C[C@@H](NC(=O)[C@@H]2CC[C@H]3C[C@@H]2CO3)C1. The van der Waals surface area contributed by atoms with Gasteiger partial charge in [-0.15, -0.1) is 0 Å². The topological polar surface area (TPSA) is 75.6 Å². The van der Waals surface area contributed by atoms with Crippen molar-refractivity contribution in [1.29, 1.82) is 0 Å². The van der Waals surface area contributed by atoms with Crippen LogP contribution in [0, 0.1) is 17.8 Å². The number of amides is 1. The van der Waals surface area contributed by atoms with Gasteiger partial charge in [0.1, 0.15) is 0 Å². The second-order valence-electron chi connectivity index (χ2n) is 6.18. The number of aliphatic carboxylic acids is 1. The van der Waals surface area contributed by atoms with Gasteiger partial charge in [-0.3, -0.25) is 9.59 Å². The van der Waals surface area contributed by atoms with E-state index in [0.29, 0.717) is 31.5 Å². The molecular weight excluding hydrogens is 258 g/mol. The van der Waals surface area contributed by atoms with Gasteiger partial charge in [-0.1, -0.05) is 12.2 Å². The summed E-state index contributed by atoms with van der Waals surface area (Å²) in [6, 6.07) is -0.141. The maximum absolute atomic E-state index is 12.4. The van der Waals surface area contributed by atoms with E-state index in [1.807, 2.05) is 12.2 Å². The number of fused-ring (bicyclic) bond motifs is 2. The molecule has 1 heterocycles. The first-order chi connectivity index (χ1) is 9.63. The fourth-order valence-corrected chi connectivity index (χ4v) is 3.65. The summed E-state index contributed by atoms with van der Waals surface area (Å²) in [6.45, 7) is 0.695. The Morgan fingerprint density at radius 1 is 1.25 bits per heavy atom. The van der Waals surface area contributed by atoms with Crippen molar-refractivity contribution in [3.63, 3.8) is 0 Å². The minimum atomic E-state index is -0.779. The molecule has 0 aromatic rings. The minimum Gasteiger partial charge on any atom is -0.481 e. The first kappa shape index (κ1) is 13.6. The van der Waals surface area contributed by atoms with Crippen LogP contribution in [0.15, 0.2) is 12.2 Å². The summed E-state index contributed by atoms with van der Waals surface area (Å²) in [6.07, 6.45) is 8.05. The molecular formula is C15H21NO4. The van der Waals surface area contributed by atoms with Crippen LogP contribution in [0.1, 0.15) is 32.1 Å². The van der Waals surface area contributed by atoms with Crippen LogP contribution in [-0.2, 0) is 14.3 Å². The maximum atomic E-state index is 12.4. The van der Waals surface area contributed by atoms with Crippen molar-refractivity contribution in [3.8, 4) is 0 Å². The van der Waals surface area contributed by atoms with E-state index >= 15 is 0 Å². The third kappa shape index (κ3) is 2.73. The monoisotopic (exact) mass is 279 g/mol. The number of hydrogen-bond acceptors (Lipinski definition) is 3. The fraction of sp³-hybridized carbons (Fsp3) is 0.733. The number of hydrogen-bond donors (Lipinski definition) is 2. The van der Waals surface area contributed by atoms with E-state index in [1.54, 1.807) is 0 Å². The molecule has 1 saturated heterocycles. The first-order valence-electron chi connectivity index (χ1n) is 7.45. The highest BCUT2D eigenvalue weighted by Crippen LogP contribution is 2.37. The number of carboxylic acids is 1. The van der Waals surface area contributed by atoms with Crippen LogP contribution in [0.2, 0.25) is 0 Å². The summed E-state index contributed by atoms with van der Waals surface area (Å²) in [5.41, 5.74) is 0. The number of rotatable bonds is 3. The van der Waals surface area contributed by atoms with Crippen LogP contribution in [0.25, 0.3) is 0 Å². The second-order valence-corrected chi connectivity index (χ2v) is 6.18. The van der Waals surface area contributed by atoms with Crippen molar-refractivity contribution in [2.75, 3.05) is 6.61 Å². The van der Waals surface area contributed by atoms with Gasteiger partial charge in [0, 0.05) is 12.0 Å². The van der Waals surface area contributed by atoms with Crippen LogP contribution in [0.5, 0.6) is 0 Å². The molecule has 2 N–H and O–H groups in total. The van der Waals surface area contributed by atoms with E-state index in [1.165, 1.54) is 0 Å². The lowest BCUT2D eigenvalue weighted by Gasteiger charge is -2.29. The van der Waals surface area contributed by atoms with Crippen LogP contribution in [0.4, 0.5) is 0 Å². The van der Waals surface area contributed by atoms with E-state index in [2.05, 4.69) is 5.32 Å². The zero-order chi connectivity index (χ0) is 14.1. The number of carbonyl (C=O) groups is 2. The predicted molar refractivity (Wildman–Crippen MR) is 72.0 cm³/mol. The third-order valence-electron chi connectivity index (χ3n) is 4.82. The number of allylic oxidation sites excluding steroid dienone is 1. The smallest absolute Gasteiger partial charge is 0.306 e. The molecule has 5 nitrogen and oxygen atoms in total. The average Bonchev–Trinajstić information content (AvgIpc) is 2.80. The molecule has 2 fully saturated rings. The minimum absolute atomic E-state index is 0.0346. The molecule has 1 amide bonds. The Morgan fingerprint density at radius 3 is 2.90 bits per heavy atom. The Kier molecular flexibility index (Phi) is 3.78. The Bertz CT molecular complexity index is 434. The molecule has 3 rings (SSSR count). The van der Waals surface area contributed by atoms with Crippen LogP contribution in [0.3, 0.4) is 0 Å².